The Morgan fingerprint density at radius 1 is 1.09 bits per heavy atom. The van der Waals surface area contributed by atoms with Crippen LogP contribution in [0.25, 0.3) is 0 Å². The molecule has 0 saturated heterocycles. The highest BCUT2D eigenvalue weighted by atomic mass is 19.3. The van der Waals surface area contributed by atoms with Crippen LogP contribution < -0.4 is 10.1 Å². The monoisotopic (exact) mass is 309 g/mol. The maximum absolute atomic E-state index is 13.0. The van der Waals surface area contributed by atoms with Gasteiger partial charge in [-0.25, -0.2) is 4.39 Å². The lowest BCUT2D eigenvalue weighted by Gasteiger charge is -2.07. The molecule has 0 aromatic heterocycles. The first-order valence-electron chi connectivity index (χ1n) is 6.58. The second kappa shape index (κ2) is 7.49. The van der Waals surface area contributed by atoms with E-state index < -0.39 is 6.61 Å². The number of nitrogens with one attached hydrogen (secondary N) is 1. The zero-order valence-corrected chi connectivity index (χ0v) is 11.6. The van der Waals surface area contributed by atoms with Crippen molar-refractivity contribution in [2.24, 2.45) is 0 Å². The van der Waals surface area contributed by atoms with Crippen LogP contribution in [-0.2, 0) is 17.8 Å². The first-order chi connectivity index (χ1) is 10.5. The number of hydrogen-bond donors (Lipinski definition) is 1. The summed E-state index contributed by atoms with van der Waals surface area (Å²) in [6.45, 7) is -2.65. The van der Waals surface area contributed by atoms with Gasteiger partial charge in [0.2, 0.25) is 5.91 Å². The number of carbonyl (C=O) groups is 1. The van der Waals surface area contributed by atoms with E-state index in [0.29, 0.717) is 11.1 Å². The van der Waals surface area contributed by atoms with Gasteiger partial charge in [0.1, 0.15) is 11.6 Å². The third kappa shape index (κ3) is 5.12. The molecule has 2 aromatic carbocycles. The average Bonchev–Trinajstić information content (AvgIpc) is 2.47. The summed E-state index contributed by atoms with van der Waals surface area (Å²) >= 11 is 0. The molecule has 0 aliphatic heterocycles. The summed E-state index contributed by atoms with van der Waals surface area (Å²) in [6.07, 6.45) is 0.101. The second-order valence-corrected chi connectivity index (χ2v) is 4.61. The predicted molar refractivity (Wildman–Crippen MR) is 75.0 cm³/mol. The van der Waals surface area contributed by atoms with E-state index in [0.717, 1.165) is 0 Å². The smallest absolute Gasteiger partial charge is 0.387 e. The van der Waals surface area contributed by atoms with Crippen molar-refractivity contribution in [2.75, 3.05) is 0 Å². The van der Waals surface area contributed by atoms with Crippen LogP contribution in [0.1, 0.15) is 11.1 Å². The van der Waals surface area contributed by atoms with Gasteiger partial charge in [-0.1, -0.05) is 24.3 Å². The van der Waals surface area contributed by atoms with Crippen molar-refractivity contribution >= 4 is 5.91 Å². The molecule has 0 spiro atoms. The summed E-state index contributed by atoms with van der Waals surface area (Å²) in [5.41, 5.74) is 1.33. The molecule has 0 bridgehead atoms. The van der Waals surface area contributed by atoms with Crippen LogP contribution >= 0.6 is 0 Å². The van der Waals surface area contributed by atoms with Crippen molar-refractivity contribution in [3.8, 4) is 5.75 Å². The predicted octanol–water partition coefficient (Wildman–Crippen LogP) is 3.29. The van der Waals surface area contributed by atoms with E-state index in [4.69, 9.17) is 0 Å². The lowest BCUT2D eigenvalue weighted by molar-refractivity contribution is -0.120. The van der Waals surface area contributed by atoms with Gasteiger partial charge in [0.15, 0.2) is 0 Å². The van der Waals surface area contributed by atoms with Crippen LogP contribution in [0.5, 0.6) is 5.75 Å². The molecule has 0 aliphatic rings. The lowest BCUT2D eigenvalue weighted by atomic mass is 10.1. The number of benzene rings is 2. The molecule has 22 heavy (non-hydrogen) atoms. The summed E-state index contributed by atoms with van der Waals surface area (Å²) in [5.74, 6) is -0.563. The number of alkyl halides is 2. The molecule has 0 unspecified atom stereocenters. The van der Waals surface area contributed by atoms with Gasteiger partial charge in [-0.3, -0.25) is 4.79 Å². The summed E-state index contributed by atoms with van der Waals surface area (Å²) in [4.78, 5) is 11.8. The van der Waals surface area contributed by atoms with Crippen molar-refractivity contribution in [2.45, 2.75) is 19.6 Å². The van der Waals surface area contributed by atoms with Gasteiger partial charge in [0.05, 0.1) is 6.42 Å². The number of amides is 1. The van der Waals surface area contributed by atoms with E-state index in [1.54, 1.807) is 24.3 Å². The van der Waals surface area contributed by atoms with Crippen LogP contribution in [0.2, 0.25) is 0 Å². The molecule has 2 rings (SSSR count). The maximum atomic E-state index is 13.0. The van der Waals surface area contributed by atoms with Gasteiger partial charge in [0.25, 0.3) is 0 Å². The highest BCUT2D eigenvalue weighted by molar-refractivity contribution is 5.78. The Kier molecular flexibility index (Phi) is 5.41. The van der Waals surface area contributed by atoms with Gasteiger partial charge in [0, 0.05) is 6.54 Å². The van der Waals surface area contributed by atoms with Crippen molar-refractivity contribution in [3.05, 3.63) is 65.5 Å². The van der Waals surface area contributed by atoms with Crippen LogP contribution in [-0.4, -0.2) is 12.5 Å². The Bertz CT molecular complexity index is 630. The van der Waals surface area contributed by atoms with Crippen LogP contribution in [0.3, 0.4) is 0 Å². The molecule has 0 radical (unpaired) electrons. The lowest BCUT2D eigenvalue weighted by Crippen LogP contribution is -2.24. The number of halogens is 3. The molecule has 3 nitrogen and oxygen atoms in total. The molecule has 1 amide bonds. The molecule has 0 aliphatic carbocycles. The fraction of sp³-hybridized carbons (Fsp3) is 0.188. The fourth-order valence-electron chi connectivity index (χ4n) is 1.88. The van der Waals surface area contributed by atoms with Gasteiger partial charge < -0.3 is 10.1 Å². The standard InChI is InChI=1S/C16H14F3NO2/c17-13-3-1-2-12(8-13)10-20-15(21)9-11-4-6-14(7-5-11)22-16(18)19/h1-8,16H,9-10H2,(H,20,21). The van der Waals surface area contributed by atoms with E-state index >= 15 is 0 Å². The highest BCUT2D eigenvalue weighted by Crippen LogP contribution is 2.15. The van der Waals surface area contributed by atoms with E-state index in [1.807, 2.05) is 0 Å². The van der Waals surface area contributed by atoms with Gasteiger partial charge >= 0.3 is 6.61 Å². The molecule has 0 heterocycles. The van der Waals surface area contributed by atoms with Crippen LogP contribution in [0.4, 0.5) is 13.2 Å². The van der Waals surface area contributed by atoms with Gasteiger partial charge in [-0.15, -0.1) is 0 Å². The van der Waals surface area contributed by atoms with E-state index in [2.05, 4.69) is 10.1 Å². The molecule has 1 N–H and O–H groups in total. The minimum Gasteiger partial charge on any atom is -0.435 e. The van der Waals surface area contributed by atoms with Crippen molar-refractivity contribution in [1.29, 1.82) is 0 Å². The normalized spacial score (nSPS) is 10.5. The molecule has 2 aromatic rings. The topological polar surface area (TPSA) is 38.3 Å². The van der Waals surface area contributed by atoms with Crippen LogP contribution in [0.15, 0.2) is 48.5 Å². The number of carbonyl (C=O) groups excluding carboxylic acids is 1. The van der Waals surface area contributed by atoms with Gasteiger partial charge in [-0.05, 0) is 35.4 Å². The SMILES string of the molecule is O=C(Cc1ccc(OC(F)F)cc1)NCc1cccc(F)c1. The third-order valence-corrected chi connectivity index (χ3v) is 2.89. The third-order valence-electron chi connectivity index (χ3n) is 2.89. The second-order valence-electron chi connectivity index (χ2n) is 4.61. The molecule has 0 saturated carbocycles. The Morgan fingerprint density at radius 2 is 1.82 bits per heavy atom. The number of rotatable bonds is 6. The van der Waals surface area contributed by atoms with Crippen molar-refractivity contribution in [3.63, 3.8) is 0 Å². The van der Waals surface area contributed by atoms with E-state index in [-0.39, 0.29) is 30.4 Å². The van der Waals surface area contributed by atoms with Crippen molar-refractivity contribution in [1.82, 2.24) is 5.32 Å². The molecule has 0 atom stereocenters. The largest absolute Gasteiger partial charge is 0.435 e. The minimum absolute atomic E-state index is 0.0407. The first kappa shape index (κ1) is 15.9. The zero-order chi connectivity index (χ0) is 15.9. The first-order valence-corrected chi connectivity index (χ1v) is 6.58. The summed E-state index contributed by atoms with van der Waals surface area (Å²) in [5, 5.41) is 2.66. The Hall–Kier alpha value is -2.50. The minimum atomic E-state index is -2.87. The summed E-state index contributed by atoms with van der Waals surface area (Å²) < 4.78 is 41.2. The zero-order valence-electron chi connectivity index (χ0n) is 11.6. The highest BCUT2D eigenvalue weighted by Gasteiger charge is 2.06. The molecular formula is C16H14F3NO2. The number of hydrogen-bond acceptors (Lipinski definition) is 2. The van der Waals surface area contributed by atoms with E-state index in [1.165, 1.54) is 24.3 Å². The summed E-state index contributed by atoms with van der Waals surface area (Å²) in [6, 6.07) is 11.8. The Morgan fingerprint density at radius 3 is 2.45 bits per heavy atom. The average molecular weight is 309 g/mol. The fourth-order valence-corrected chi connectivity index (χ4v) is 1.88. The molecule has 6 heteroatoms. The quantitative estimate of drug-likeness (QED) is 0.889. The summed E-state index contributed by atoms with van der Waals surface area (Å²) in [7, 11) is 0. The maximum Gasteiger partial charge on any atom is 0.387 e. The number of ether oxygens (including phenoxy) is 1. The Labute approximate surface area is 125 Å². The Balaban J connectivity index is 1.84. The van der Waals surface area contributed by atoms with Crippen molar-refractivity contribution < 1.29 is 22.7 Å². The molecular weight excluding hydrogens is 295 g/mol. The molecule has 0 fully saturated rings. The molecule has 116 valence electrons. The van der Waals surface area contributed by atoms with Gasteiger partial charge in [-0.2, -0.15) is 8.78 Å². The van der Waals surface area contributed by atoms with Crippen LogP contribution in [0, 0.1) is 5.82 Å². The van der Waals surface area contributed by atoms with E-state index in [9.17, 15) is 18.0 Å².